The van der Waals surface area contributed by atoms with E-state index in [2.05, 4.69) is 23.3 Å². The van der Waals surface area contributed by atoms with Gasteiger partial charge >= 0.3 is 0 Å². The molecule has 1 aliphatic heterocycles. The number of hydrogen-bond acceptors (Lipinski definition) is 2. The van der Waals surface area contributed by atoms with Crippen molar-refractivity contribution in [2.24, 2.45) is 0 Å². The second kappa shape index (κ2) is 6.88. The van der Waals surface area contributed by atoms with Crippen molar-refractivity contribution in [3.05, 3.63) is 12.8 Å². The number of unbranched alkanes of at least 4 members (excludes halogenated alkanes) is 3. The van der Waals surface area contributed by atoms with Crippen LogP contribution >= 0.6 is 0 Å². The number of hydrogen-bond donors (Lipinski definition) is 0. The molecule has 2 heteroatoms. The number of rotatable bonds is 6. The molecule has 0 aromatic heterocycles. The molecule has 0 saturated carbocycles. The first-order chi connectivity index (χ1) is 6.86. The van der Waals surface area contributed by atoms with Gasteiger partial charge in [-0.3, -0.25) is 4.90 Å². The summed E-state index contributed by atoms with van der Waals surface area (Å²) >= 11 is 0. The summed E-state index contributed by atoms with van der Waals surface area (Å²) in [4.78, 5) is 4.89. The van der Waals surface area contributed by atoms with E-state index in [0.29, 0.717) is 0 Å². The average Bonchev–Trinajstić information content (AvgIpc) is 2.25. The van der Waals surface area contributed by atoms with Gasteiger partial charge in [0.1, 0.15) is 0 Å². The monoisotopic (exact) mass is 196 g/mol. The maximum absolute atomic E-state index is 3.80. The minimum Gasteiger partial charge on any atom is -0.375 e. The van der Waals surface area contributed by atoms with Crippen LogP contribution in [-0.2, 0) is 0 Å². The van der Waals surface area contributed by atoms with E-state index in [9.17, 15) is 0 Å². The van der Waals surface area contributed by atoms with Crippen LogP contribution in [0.1, 0.15) is 32.6 Å². The molecule has 2 nitrogen and oxygen atoms in total. The highest BCUT2D eigenvalue weighted by Gasteiger charge is 2.12. The predicted octanol–water partition coefficient (Wildman–Crippen LogP) is 2.33. The number of piperazine rings is 1. The van der Waals surface area contributed by atoms with Crippen molar-refractivity contribution in [1.82, 2.24) is 9.80 Å². The van der Waals surface area contributed by atoms with Gasteiger partial charge in [-0.15, -0.1) is 0 Å². The third-order valence-electron chi connectivity index (χ3n) is 2.99. The first-order valence-corrected chi connectivity index (χ1v) is 5.95. The number of nitrogens with zero attached hydrogens (tertiary/aromatic N) is 2. The van der Waals surface area contributed by atoms with E-state index in [-0.39, 0.29) is 0 Å². The highest BCUT2D eigenvalue weighted by atomic mass is 15.2. The van der Waals surface area contributed by atoms with Crippen molar-refractivity contribution >= 4 is 0 Å². The Morgan fingerprint density at radius 1 is 1.07 bits per heavy atom. The van der Waals surface area contributed by atoms with E-state index in [1.807, 2.05) is 6.20 Å². The summed E-state index contributed by atoms with van der Waals surface area (Å²) in [5.74, 6) is 0. The lowest BCUT2D eigenvalue weighted by atomic mass is 10.2. The Kier molecular flexibility index (Phi) is 5.69. The van der Waals surface area contributed by atoms with Crippen molar-refractivity contribution in [3.63, 3.8) is 0 Å². The molecule has 0 atom stereocenters. The van der Waals surface area contributed by atoms with Gasteiger partial charge in [0.25, 0.3) is 0 Å². The minimum absolute atomic E-state index is 1.16. The zero-order chi connectivity index (χ0) is 10.2. The lowest BCUT2D eigenvalue weighted by Gasteiger charge is -2.33. The lowest BCUT2D eigenvalue weighted by molar-refractivity contribution is 0.166. The molecule has 0 N–H and O–H groups in total. The average molecular weight is 196 g/mol. The van der Waals surface area contributed by atoms with Crippen LogP contribution in [0.15, 0.2) is 12.8 Å². The Morgan fingerprint density at radius 2 is 1.79 bits per heavy atom. The van der Waals surface area contributed by atoms with Crippen molar-refractivity contribution in [2.45, 2.75) is 32.6 Å². The van der Waals surface area contributed by atoms with Crippen molar-refractivity contribution in [1.29, 1.82) is 0 Å². The third-order valence-corrected chi connectivity index (χ3v) is 2.99. The molecule has 1 saturated heterocycles. The summed E-state index contributed by atoms with van der Waals surface area (Å²) in [6.45, 7) is 12.1. The van der Waals surface area contributed by atoms with Gasteiger partial charge < -0.3 is 4.90 Å². The lowest BCUT2D eigenvalue weighted by Crippen LogP contribution is -2.44. The van der Waals surface area contributed by atoms with Gasteiger partial charge in [0, 0.05) is 26.2 Å². The standard InChI is InChI=1S/C12H24N2/c1-3-5-6-7-8-14-11-9-13(4-2)10-12-14/h4H,2-3,5-12H2,1H3. The second-order valence-electron chi connectivity index (χ2n) is 4.12. The van der Waals surface area contributed by atoms with Crippen molar-refractivity contribution in [3.8, 4) is 0 Å². The summed E-state index contributed by atoms with van der Waals surface area (Å²) in [7, 11) is 0. The quantitative estimate of drug-likeness (QED) is 0.602. The molecule has 1 rings (SSSR count). The van der Waals surface area contributed by atoms with E-state index >= 15 is 0 Å². The fraction of sp³-hybridized carbons (Fsp3) is 0.833. The van der Waals surface area contributed by atoms with Crippen LogP contribution in [0.3, 0.4) is 0 Å². The summed E-state index contributed by atoms with van der Waals surface area (Å²) in [6.07, 6.45) is 7.48. The first kappa shape index (κ1) is 11.6. The minimum atomic E-state index is 1.16. The van der Waals surface area contributed by atoms with Crippen LogP contribution in [0, 0.1) is 0 Å². The fourth-order valence-corrected chi connectivity index (χ4v) is 1.93. The van der Waals surface area contributed by atoms with Gasteiger partial charge in [0.2, 0.25) is 0 Å². The smallest absolute Gasteiger partial charge is 0.0300 e. The summed E-state index contributed by atoms with van der Waals surface area (Å²) in [5.41, 5.74) is 0. The molecule has 0 unspecified atom stereocenters. The molecule has 0 aromatic rings. The van der Waals surface area contributed by atoms with Gasteiger partial charge in [-0.2, -0.15) is 0 Å². The van der Waals surface area contributed by atoms with Crippen LogP contribution in [0.5, 0.6) is 0 Å². The summed E-state index contributed by atoms with van der Waals surface area (Å²) in [6, 6.07) is 0. The van der Waals surface area contributed by atoms with Crippen LogP contribution < -0.4 is 0 Å². The molecule has 0 spiro atoms. The Hall–Kier alpha value is -0.500. The molecule has 1 heterocycles. The van der Waals surface area contributed by atoms with Gasteiger partial charge in [-0.1, -0.05) is 32.8 Å². The Labute approximate surface area is 88.6 Å². The van der Waals surface area contributed by atoms with E-state index in [0.717, 1.165) is 13.1 Å². The molecule has 1 aliphatic rings. The Bertz CT molecular complexity index is 148. The van der Waals surface area contributed by atoms with Crippen LogP contribution in [0.2, 0.25) is 0 Å². The van der Waals surface area contributed by atoms with E-state index < -0.39 is 0 Å². The molecule has 0 aliphatic carbocycles. The molecular weight excluding hydrogens is 172 g/mol. The van der Waals surface area contributed by atoms with E-state index in [1.54, 1.807) is 0 Å². The third kappa shape index (κ3) is 4.14. The van der Waals surface area contributed by atoms with Crippen molar-refractivity contribution < 1.29 is 0 Å². The van der Waals surface area contributed by atoms with Crippen LogP contribution in [0.25, 0.3) is 0 Å². The summed E-state index contributed by atoms with van der Waals surface area (Å²) in [5, 5.41) is 0. The molecule has 82 valence electrons. The molecule has 1 fully saturated rings. The van der Waals surface area contributed by atoms with Gasteiger partial charge in [-0.25, -0.2) is 0 Å². The topological polar surface area (TPSA) is 6.48 Å². The zero-order valence-electron chi connectivity index (χ0n) is 9.54. The normalized spacial score (nSPS) is 18.5. The van der Waals surface area contributed by atoms with Gasteiger partial charge in [0.15, 0.2) is 0 Å². The zero-order valence-corrected chi connectivity index (χ0v) is 9.54. The van der Waals surface area contributed by atoms with Crippen molar-refractivity contribution in [2.75, 3.05) is 32.7 Å². The molecule has 0 aromatic carbocycles. The highest BCUT2D eigenvalue weighted by molar-refractivity contribution is 4.78. The largest absolute Gasteiger partial charge is 0.375 e. The SMILES string of the molecule is C=CN1CCN(CCCCCC)CC1. The molecule has 0 radical (unpaired) electrons. The highest BCUT2D eigenvalue weighted by Crippen LogP contribution is 2.05. The first-order valence-electron chi connectivity index (χ1n) is 5.95. The molecule has 0 amide bonds. The van der Waals surface area contributed by atoms with Crippen LogP contribution in [-0.4, -0.2) is 42.5 Å². The molecule has 0 bridgehead atoms. The van der Waals surface area contributed by atoms with Crippen LogP contribution in [0.4, 0.5) is 0 Å². The Balaban J connectivity index is 2.01. The fourth-order valence-electron chi connectivity index (χ4n) is 1.93. The molecule has 14 heavy (non-hydrogen) atoms. The maximum atomic E-state index is 3.80. The van der Waals surface area contributed by atoms with Gasteiger partial charge in [0.05, 0.1) is 0 Å². The van der Waals surface area contributed by atoms with E-state index in [4.69, 9.17) is 0 Å². The second-order valence-corrected chi connectivity index (χ2v) is 4.12. The molecular formula is C12H24N2. The summed E-state index contributed by atoms with van der Waals surface area (Å²) < 4.78 is 0. The Morgan fingerprint density at radius 3 is 2.36 bits per heavy atom. The van der Waals surface area contributed by atoms with E-state index in [1.165, 1.54) is 45.3 Å². The predicted molar refractivity (Wildman–Crippen MR) is 62.4 cm³/mol. The van der Waals surface area contributed by atoms with Gasteiger partial charge in [-0.05, 0) is 19.2 Å². The maximum Gasteiger partial charge on any atom is 0.0300 e.